The van der Waals surface area contributed by atoms with E-state index in [1.54, 1.807) is 0 Å². The lowest BCUT2D eigenvalue weighted by Gasteiger charge is -2.17. The minimum atomic E-state index is 1.05. The molecule has 2 rings (SSSR count). The predicted molar refractivity (Wildman–Crippen MR) is 50.6 cm³/mol. The van der Waals surface area contributed by atoms with Gasteiger partial charge in [0.2, 0.25) is 0 Å². The lowest BCUT2D eigenvalue weighted by atomic mass is 10.1. The number of pyridine rings is 1. The molecule has 0 amide bonds. The maximum Gasteiger partial charge on any atom is 0.129 e. The summed E-state index contributed by atoms with van der Waals surface area (Å²) < 4.78 is 0. The molecule has 0 aromatic carbocycles. The molecule has 1 aromatic rings. The molecule has 3 heteroatoms. The van der Waals surface area contributed by atoms with Crippen LogP contribution in [-0.2, 0) is 6.42 Å². The first-order valence-corrected chi connectivity index (χ1v) is 4.30. The third-order valence-electron chi connectivity index (χ3n) is 2.17. The van der Waals surface area contributed by atoms with E-state index in [0.717, 1.165) is 24.5 Å². The van der Waals surface area contributed by atoms with Crippen molar-refractivity contribution in [1.29, 1.82) is 0 Å². The molecule has 2 N–H and O–H groups in total. The first kappa shape index (κ1) is 7.40. The second-order valence-electron chi connectivity index (χ2n) is 3.01. The molecule has 2 heterocycles. The molecule has 0 unspecified atom stereocenters. The van der Waals surface area contributed by atoms with Crippen molar-refractivity contribution in [1.82, 2.24) is 4.98 Å². The maximum absolute atomic E-state index is 4.32. The Morgan fingerprint density at radius 3 is 3.33 bits per heavy atom. The Labute approximate surface area is 72.2 Å². The fraction of sp³-hybridized carbons (Fsp3) is 0.444. The van der Waals surface area contributed by atoms with Crippen LogP contribution in [0.25, 0.3) is 0 Å². The Hall–Kier alpha value is -1.25. The number of nitrogens with one attached hydrogen (secondary N) is 2. The smallest absolute Gasteiger partial charge is 0.129 e. The van der Waals surface area contributed by atoms with Crippen molar-refractivity contribution in [2.24, 2.45) is 0 Å². The van der Waals surface area contributed by atoms with Gasteiger partial charge in [-0.05, 0) is 24.5 Å². The molecule has 0 bridgehead atoms. The largest absolute Gasteiger partial charge is 0.387 e. The van der Waals surface area contributed by atoms with Crippen molar-refractivity contribution in [3.8, 4) is 0 Å². The minimum Gasteiger partial charge on any atom is -0.387 e. The van der Waals surface area contributed by atoms with Crippen LogP contribution in [0.2, 0.25) is 0 Å². The summed E-state index contributed by atoms with van der Waals surface area (Å²) in [7, 11) is 1.92. The molecule has 0 fully saturated rings. The summed E-state index contributed by atoms with van der Waals surface area (Å²) in [5, 5.41) is 6.36. The fourth-order valence-electron chi connectivity index (χ4n) is 1.48. The number of anilines is 2. The van der Waals surface area contributed by atoms with Crippen LogP contribution < -0.4 is 10.6 Å². The number of hydrogen-bond acceptors (Lipinski definition) is 3. The Kier molecular flexibility index (Phi) is 1.86. The van der Waals surface area contributed by atoms with E-state index in [0.29, 0.717) is 0 Å². The SMILES string of the molecule is CNc1cnc2c(c1)CCCN2. The van der Waals surface area contributed by atoms with Crippen LogP contribution in [-0.4, -0.2) is 18.6 Å². The molecule has 64 valence electrons. The Bertz CT molecular complexity index is 283. The van der Waals surface area contributed by atoms with Gasteiger partial charge in [0.05, 0.1) is 11.9 Å². The van der Waals surface area contributed by atoms with Crippen molar-refractivity contribution < 1.29 is 0 Å². The summed E-state index contributed by atoms with van der Waals surface area (Å²) in [6.07, 6.45) is 4.21. The number of nitrogens with zero attached hydrogens (tertiary/aromatic N) is 1. The Morgan fingerprint density at radius 2 is 2.50 bits per heavy atom. The lowest BCUT2D eigenvalue weighted by Crippen LogP contribution is -2.13. The molecule has 0 radical (unpaired) electrons. The van der Waals surface area contributed by atoms with Crippen LogP contribution in [0.3, 0.4) is 0 Å². The molecule has 12 heavy (non-hydrogen) atoms. The summed E-state index contributed by atoms with van der Waals surface area (Å²) in [6, 6.07) is 2.16. The van der Waals surface area contributed by atoms with Crippen molar-refractivity contribution in [2.45, 2.75) is 12.8 Å². The molecule has 1 aliphatic heterocycles. The van der Waals surface area contributed by atoms with E-state index >= 15 is 0 Å². The lowest BCUT2D eigenvalue weighted by molar-refractivity contribution is 0.818. The van der Waals surface area contributed by atoms with Crippen LogP contribution in [0, 0.1) is 0 Å². The molecule has 0 saturated carbocycles. The monoisotopic (exact) mass is 163 g/mol. The summed E-state index contributed by atoms with van der Waals surface area (Å²) in [5.41, 5.74) is 2.42. The molecule has 1 aliphatic rings. The highest BCUT2D eigenvalue weighted by atomic mass is 15.0. The number of rotatable bonds is 1. The van der Waals surface area contributed by atoms with E-state index < -0.39 is 0 Å². The summed E-state index contributed by atoms with van der Waals surface area (Å²) in [5.74, 6) is 1.06. The van der Waals surface area contributed by atoms with E-state index in [1.165, 1.54) is 12.0 Å². The molecule has 0 aliphatic carbocycles. The number of aryl methyl sites for hydroxylation is 1. The number of hydrogen-bond donors (Lipinski definition) is 2. The van der Waals surface area contributed by atoms with Gasteiger partial charge in [-0.3, -0.25) is 0 Å². The van der Waals surface area contributed by atoms with Crippen molar-refractivity contribution in [3.63, 3.8) is 0 Å². The normalized spacial score (nSPS) is 14.8. The standard InChI is InChI=1S/C9H13N3/c1-10-8-5-7-3-2-4-11-9(7)12-6-8/h5-6,10H,2-4H2,1H3,(H,11,12). The quantitative estimate of drug-likeness (QED) is 0.658. The molecule has 1 aromatic heterocycles. The van der Waals surface area contributed by atoms with E-state index in [1.807, 2.05) is 13.2 Å². The minimum absolute atomic E-state index is 1.05. The molecule has 0 atom stereocenters. The van der Waals surface area contributed by atoms with Gasteiger partial charge in [-0.2, -0.15) is 0 Å². The molecular formula is C9H13N3. The summed E-state index contributed by atoms with van der Waals surface area (Å²) in [4.78, 5) is 4.32. The van der Waals surface area contributed by atoms with Crippen LogP contribution in [0.4, 0.5) is 11.5 Å². The van der Waals surface area contributed by atoms with Gasteiger partial charge in [0, 0.05) is 13.6 Å². The highest BCUT2D eigenvalue weighted by molar-refractivity contribution is 5.54. The van der Waals surface area contributed by atoms with Gasteiger partial charge < -0.3 is 10.6 Å². The van der Waals surface area contributed by atoms with E-state index in [-0.39, 0.29) is 0 Å². The van der Waals surface area contributed by atoms with Gasteiger partial charge in [-0.1, -0.05) is 0 Å². The topological polar surface area (TPSA) is 37.0 Å². The highest BCUT2D eigenvalue weighted by Gasteiger charge is 2.08. The van der Waals surface area contributed by atoms with Crippen LogP contribution in [0.5, 0.6) is 0 Å². The van der Waals surface area contributed by atoms with Gasteiger partial charge in [-0.25, -0.2) is 4.98 Å². The first-order chi connectivity index (χ1) is 5.90. The van der Waals surface area contributed by atoms with Crippen LogP contribution in [0.15, 0.2) is 12.3 Å². The van der Waals surface area contributed by atoms with Gasteiger partial charge in [-0.15, -0.1) is 0 Å². The van der Waals surface area contributed by atoms with Crippen LogP contribution in [0.1, 0.15) is 12.0 Å². The molecular weight excluding hydrogens is 150 g/mol. The van der Waals surface area contributed by atoms with Gasteiger partial charge in [0.15, 0.2) is 0 Å². The van der Waals surface area contributed by atoms with Gasteiger partial charge in [0.25, 0.3) is 0 Å². The predicted octanol–water partition coefficient (Wildman–Crippen LogP) is 1.48. The fourth-order valence-corrected chi connectivity index (χ4v) is 1.48. The number of fused-ring (bicyclic) bond motifs is 1. The summed E-state index contributed by atoms with van der Waals surface area (Å²) >= 11 is 0. The Morgan fingerprint density at radius 1 is 1.58 bits per heavy atom. The van der Waals surface area contributed by atoms with Gasteiger partial charge >= 0.3 is 0 Å². The highest BCUT2D eigenvalue weighted by Crippen LogP contribution is 2.21. The zero-order valence-corrected chi connectivity index (χ0v) is 7.22. The third-order valence-corrected chi connectivity index (χ3v) is 2.17. The molecule has 0 spiro atoms. The van der Waals surface area contributed by atoms with Gasteiger partial charge in [0.1, 0.15) is 5.82 Å². The second kappa shape index (κ2) is 3.01. The van der Waals surface area contributed by atoms with E-state index in [2.05, 4.69) is 21.7 Å². The first-order valence-electron chi connectivity index (χ1n) is 4.30. The van der Waals surface area contributed by atoms with Crippen LogP contribution >= 0.6 is 0 Å². The van der Waals surface area contributed by atoms with Crippen molar-refractivity contribution in [2.75, 3.05) is 24.2 Å². The maximum atomic E-state index is 4.32. The average Bonchev–Trinajstić information content (AvgIpc) is 2.17. The van der Waals surface area contributed by atoms with E-state index in [4.69, 9.17) is 0 Å². The van der Waals surface area contributed by atoms with E-state index in [9.17, 15) is 0 Å². The third kappa shape index (κ3) is 1.22. The molecule has 0 saturated heterocycles. The zero-order valence-electron chi connectivity index (χ0n) is 7.22. The zero-order chi connectivity index (χ0) is 8.39. The summed E-state index contributed by atoms with van der Waals surface area (Å²) in [6.45, 7) is 1.05. The molecule has 3 nitrogen and oxygen atoms in total. The average molecular weight is 163 g/mol. The Balaban J connectivity index is 2.36. The van der Waals surface area contributed by atoms with Crippen molar-refractivity contribution in [3.05, 3.63) is 17.8 Å². The number of aromatic nitrogens is 1. The van der Waals surface area contributed by atoms with Crippen molar-refractivity contribution >= 4 is 11.5 Å². The second-order valence-corrected chi connectivity index (χ2v) is 3.01.